The first kappa shape index (κ1) is 22.9. The van der Waals surface area contributed by atoms with Crippen LogP contribution in [0.3, 0.4) is 0 Å². The van der Waals surface area contributed by atoms with Gasteiger partial charge in [0.15, 0.2) is 5.78 Å². The standard InChI is InChI=1S/C22H34N2O3/c1-3-4-5-6-10-13-21(26)24-19(16-20(23)25)22(27)17(2)14-15-18-11-8-7-9-12-18/h7-9,11-12,17,19H,3-6,10,13-16H2,1-2H3,(H2,23,25)(H,24,26)/t17-,19-/m1/s1. The highest BCUT2D eigenvalue weighted by molar-refractivity contribution is 5.93. The molecule has 0 aliphatic rings. The predicted octanol–water partition coefficient (Wildman–Crippen LogP) is 3.55. The van der Waals surface area contributed by atoms with E-state index in [0.29, 0.717) is 12.8 Å². The largest absolute Gasteiger partial charge is 0.370 e. The molecule has 0 spiro atoms. The van der Waals surface area contributed by atoms with Gasteiger partial charge in [-0.25, -0.2) is 0 Å². The van der Waals surface area contributed by atoms with Gasteiger partial charge in [0.2, 0.25) is 11.8 Å². The number of nitrogens with one attached hydrogen (secondary N) is 1. The second kappa shape index (κ2) is 13.1. The Morgan fingerprint density at radius 3 is 2.33 bits per heavy atom. The highest BCUT2D eigenvalue weighted by Crippen LogP contribution is 2.14. The molecule has 0 aliphatic carbocycles. The van der Waals surface area contributed by atoms with E-state index in [2.05, 4.69) is 12.2 Å². The maximum atomic E-state index is 12.7. The summed E-state index contributed by atoms with van der Waals surface area (Å²) < 4.78 is 0. The molecule has 0 saturated heterocycles. The van der Waals surface area contributed by atoms with Crippen LogP contribution in [0.4, 0.5) is 0 Å². The molecule has 0 heterocycles. The molecule has 0 fully saturated rings. The summed E-state index contributed by atoms with van der Waals surface area (Å²) >= 11 is 0. The van der Waals surface area contributed by atoms with Gasteiger partial charge in [-0.15, -0.1) is 0 Å². The number of hydrogen-bond acceptors (Lipinski definition) is 3. The van der Waals surface area contributed by atoms with Crippen LogP contribution >= 0.6 is 0 Å². The second-order valence-electron chi connectivity index (χ2n) is 7.28. The first-order valence-electron chi connectivity index (χ1n) is 10.1. The van der Waals surface area contributed by atoms with Crippen LogP contribution in [0.1, 0.15) is 70.8 Å². The van der Waals surface area contributed by atoms with Gasteiger partial charge >= 0.3 is 0 Å². The SMILES string of the molecule is CCCCCCCC(=O)N[C@H](CC(N)=O)C(=O)[C@H](C)CCc1ccccc1. The van der Waals surface area contributed by atoms with E-state index in [1.54, 1.807) is 0 Å². The minimum atomic E-state index is -0.823. The Labute approximate surface area is 163 Å². The number of nitrogens with two attached hydrogens (primary N) is 1. The van der Waals surface area contributed by atoms with Crippen molar-refractivity contribution >= 4 is 17.6 Å². The number of rotatable bonds is 14. The predicted molar refractivity (Wildman–Crippen MR) is 108 cm³/mol. The fourth-order valence-corrected chi connectivity index (χ4v) is 3.09. The third-order valence-corrected chi connectivity index (χ3v) is 4.79. The molecule has 150 valence electrons. The summed E-state index contributed by atoms with van der Waals surface area (Å²) in [7, 11) is 0. The number of ketones is 1. The van der Waals surface area contributed by atoms with Crippen LogP contribution < -0.4 is 11.1 Å². The smallest absolute Gasteiger partial charge is 0.220 e. The monoisotopic (exact) mass is 374 g/mol. The lowest BCUT2D eigenvalue weighted by molar-refractivity contribution is -0.132. The summed E-state index contributed by atoms with van der Waals surface area (Å²) in [6, 6.07) is 9.13. The molecule has 0 unspecified atom stereocenters. The summed E-state index contributed by atoms with van der Waals surface area (Å²) in [6.45, 7) is 3.99. The summed E-state index contributed by atoms with van der Waals surface area (Å²) in [6.07, 6.45) is 6.93. The highest BCUT2D eigenvalue weighted by Gasteiger charge is 2.26. The van der Waals surface area contributed by atoms with Crippen LogP contribution in [-0.2, 0) is 20.8 Å². The van der Waals surface area contributed by atoms with Crippen molar-refractivity contribution in [2.24, 2.45) is 11.7 Å². The number of hydrogen-bond donors (Lipinski definition) is 2. The number of Topliss-reactive ketones (excluding diaryl/α,β-unsaturated/α-hetero) is 1. The quantitative estimate of drug-likeness (QED) is 0.488. The van der Waals surface area contributed by atoms with Crippen molar-refractivity contribution < 1.29 is 14.4 Å². The molecular weight excluding hydrogens is 340 g/mol. The Balaban J connectivity index is 2.51. The molecule has 0 saturated carbocycles. The zero-order valence-corrected chi connectivity index (χ0v) is 16.7. The number of aryl methyl sites for hydroxylation is 1. The molecule has 0 bridgehead atoms. The van der Waals surface area contributed by atoms with Gasteiger partial charge in [-0.1, -0.05) is 69.9 Å². The lowest BCUT2D eigenvalue weighted by Gasteiger charge is -2.20. The average Bonchev–Trinajstić information content (AvgIpc) is 2.65. The normalized spacial score (nSPS) is 13.0. The Bertz CT molecular complexity index is 586. The van der Waals surface area contributed by atoms with E-state index < -0.39 is 11.9 Å². The first-order chi connectivity index (χ1) is 12.9. The van der Waals surface area contributed by atoms with Crippen molar-refractivity contribution in [2.75, 3.05) is 0 Å². The molecule has 5 heteroatoms. The third kappa shape index (κ3) is 9.92. The Hall–Kier alpha value is -2.17. The molecule has 3 N–H and O–H groups in total. The third-order valence-electron chi connectivity index (χ3n) is 4.79. The van der Waals surface area contributed by atoms with Crippen LogP contribution in [0.5, 0.6) is 0 Å². The van der Waals surface area contributed by atoms with E-state index in [1.165, 1.54) is 12.0 Å². The lowest BCUT2D eigenvalue weighted by atomic mass is 9.91. The van der Waals surface area contributed by atoms with Crippen molar-refractivity contribution in [3.05, 3.63) is 35.9 Å². The van der Waals surface area contributed by atoms with Gasteiger partial charge in [-0.3, -0.25) is 14.4 Å². The summed E-state index contributed by atoms with van der Waals surface area (Å²) in [5.74, 6) is -1.13. The Morgan fingerprint density at radius 1 is 1.04 bits per heavy atom. The molecule has 1 aromatic rings. The molecule has 0 aromatic heterocycles. The summed E-state index contributed by atoms with van der Waals surface area (Å²) in [5.41, 5.74) is 6.45. The van der Waals surface area contributed by atoms with E-state index in [0.717, 1.165) is 32.1 Å². The maximum Gasteiger partial charge on any atom is 0.220 e. The number of carbonyl (C=O) groups is 3. The van der Waals surface area contributed by atoms with Crippen molar-refractivity contribution in [2.45, 2.75) is 77.7 Å². The molecule has 1 rings (SSSR count). The van der Waals surface area contributed by atoms with Crippen LogP contribution in [0.15, 0.2) is 30.3 Å². The number of benzene rings is 1. The second-order valence-corrected chi connectivity index (χ2v) is 7.28. The van der Waals surface area contributed by atoms with E-state index >= 15 is 0 Å². The van der Waals surface area contributed by atoms with Crippen molar-refractivity contribution in [3.8, 4) is 0 Å². The van der Waals surface area contributed by atoms with Gasteiger partial charge in [-0.05, 0) is 24.8 Å². The fourth-order valence-electron chi connectivity index (χ4n) is 3.09. The van der Waals surface area contributed by atoms with Gasteiger partial charge in [0, 0.05) is 12.3 Å². The van der Waals surface area contributed by atoms with E-state index in [1.807, 2.05) is 37.3 Å². The van der Waals surface area contributed by atoms with Crippen molar-refractivity contribution in [3.63, 3.8) is 0 Å². The van der Waals surface area contributed by atoms with Crippen LogP contribution in [0.2, 0.25) is 0 Å². The first-order valence-corrected chi connectivity index (χ1v) is 10.1. The number of primary amides is 1. The van der Waals surface area contributed by atoms with Crippen LogP contribution in [0, 0.1) is 5.92 Å². The van der Waals surface area contributed by atoms with Crippen molar-refractivity contribution in [1.82, 2.24) is 5.32 Å². The molecular formula is C22H34N2O3. The summed E-state index contributed by atoms with van der Waals surface area (Å²) in [4.78, 5) is 36.2. The lowest BCUT2D eigenvalue weighted by Crippen LogP contribution is -2.45. The Kier molecular flexibility index (Phi) is 11.1. The number of amides is 2. The zero-order valence-electron chi connectivity index (χ0n) is 16.7. The highest BCUT2D eigenvalue weighted by atomic mass is 16.2. The maximum absolute atomic E-state index is 12.7. The topological polar surface area (TPSA) is 89.3 Å². The average molecular weight is 375 g/mol. The molecule has 2 amide bonds. The molecule has 0 radical (unpaired) electrons. The molecule has 2 atom stereocenters. The molecule has 27 heavy (non-hydrogen) atoms. The van der Waals surface area contributed by atoms with Gasteiger partial charge in [0.25, 0.3) is 0 Å². The number of carbonyl (C=O) groups excluding carboxylic acids is 3. The Morgan fingerprint density at radius 2 is 1.70 bits per heavy atom. The van der Waals surface area contributed by atoms with E-state index in [9.17, 15) is 14.4 Å². The van der Waals surface area contributed by atoms with Gasteiger partial charge in [0.1, 0.15) is 0 Å². The van der Waals surface area contributed by atoms with Crippen molar-refractivity contribution in [1.29, 1.82) is 0 Å². The zero-order chi connectivity index (χ0) is 20.1. The molecule has 1 aromatic carbocycles. The van der Waals surface area contributed by atoms with Gasteiger partial charge in [0.05, 0.1) is 12.5 Å². The molecule has 5 nitrogen and oxygen atoms in total. The van der Waals surface area contributed by atoms with Crippen LogP contribution in [0.25, 0.3) is 0 Å². The van der Waals surface area contributed by atoms with Gasteiger partial charge < -0.3 is 11.1 Å². The fraction of sp³-hybridized carbons (Fsp3) is 0.591. The minimum Gasteiger partial charge on any atom is -0.370 e. The summed E-state index contributed by atoms with van der Waals surface area (Å²) in [5, 5.41) is 2.73. The van der Waals surface area contributed by atoms with Gasteiger partial charge in [-0.2, -0.15) is 0 Å². The van der Waals surface area contributed by atoms with E-state index in [-0.39, 0.29) is 24.0 Å². The minimum absolute atomic E-state index is 0.121. The van der Waals surface area contributed by atoms with Crippen LogP contribution in [-0.4, -0.2) is 23.6 Å². The van der Waals surface area contributed by atoms with E-state index in [4.69, 9.17) is 5.73 Å². The number of unbranched alkanes of at least 4 members (excludes halogenated alkanes) is 4. The molecule has 0 aliphatic heterocycles.